The molecule has 27 heavy (non-hydrogen) atoms. The minimum absolute atomic E-state index is 0.753. The van der Waals surface area contributed by atoms with Crippen LogP contribution in [0.25, 0.3) is 31.9 Å². The number of pyridine rings is 3. The van der Waals surface area contributed by atoms with Gasteiger partial charge in [-0.1, -0.05) is 13.0 Å². The first-order valence-corrected chi connectivity index (χ1v) is 10.1. The molecule has 4 aromatic heterocycles. The highest BCUT2D eigenvalue weighted by molar-refractivity contribution is 7.22. The molecule has 1 atom stereocenters. The van der Waals surface area contributed by atoms with Gasteiger partial charge in [0, 0.05) is 47.7 Å². The zero-order chi connectivity index (χ0) is 18.2. The molecular weight excluding hydrogens is 352 g/mol. The fourth-order valence-electron chi connectivity index (χ4n) is 3.60. The Labute approximate surface area is 162 Å². The first-order valence-electron chi connectivity index (χ1n) is 9.28. The van der Waals surface area contributed by atoms with Gasteiger partial charge < -0.3 is 4.90 Å². The van der Waals surface area contributed by atoms with E-state index in [2.05, 4.69) is 58.2 Å². The van der Waals surface area contributed by atoms with Crippen LogP contribution in [0, 0.1) is 5.92 Å². The average molecular weight is 372 g/mol. The topological polar surface area (TPSA) is 41.9 Å². The monoisotopic (exact) mass is 372 g/mol. The van der Waals surface area contributed by atoms with E-state index in [1.54, 1.807) is 17.5 Å². The van der Waals surface area contributed by atoms with Crippen LogP contribution in [-0.4, -0.2) is 28.0 Å². The number of aromatic nitrogens is 3. The Morgan fingerprint density at radius 3 is 2.78 bits per heavy atom. The van der Waals surface area contributed by atoms with Gasteiger partial charge in [0.05, 0.1) is 15.9 Å². The number of anilines is 1. The zero-order valence-corrected chi connectivity index (χ0v) is 16.0. The number of fused-ring (bicyclic) bond motifs is 1. The van der Waals surface area contributed by atoms with E-state index in [-0.39, 0.29) is 0 Å². The second kappa shape index (κ2) is 6.74. The molecule has 0 N–H and O–H groups in total. The Kier molecular flexibility index (Phi) is 4.09. The Balaban J connectivity index is 1.44. The van der Waals surface area contributed by atoms with Crippen molar-refractivity contribution in [3.63, 3.8) is 0 Å². The highest BCUT2D eigenvalue weighted by atomic mass is 32.1. The Morgan fingerprint density at radius 1 is 1.07 bits per heavy atom. The van der Waals surface area contributed by atoms with E-state index in [0.29, 0.717) is 0 Å². The van der Waals surface area contributed by atoms with Crippen molar-refractivity contribution in [3.8, 4) is 21.7 Å². The fraction of sp³-hybridized carbons (Fsp3) is 0.227. The van der Waals surface area contributed by atoms with Gasteiger partial charge in [-0.15, -0.1) is 11.3 Å². The van der Waals surface area contributed by atoms with E-state index in [1.807, 2.05) is 18.5 Å². The summed E-state index contributed by atoms with van der Waals surface area (Å²) in [6, 6.07) is 14.7. The van der Waals surface area contributed by atoms with E-state index in [1.165, 1.54) is 16.0 Å². The normalized spacial score (nSPS) is 16.9. The van der Waals surface area contributed by atoms with Crippen molar-refractivity contribution >= 4 is 27.4 Å². The maximum atomic E-state index is 4.87. The molecule has 0 radical (unpaired) electrons. The molecule has 0 bridgehead atoms. The van der Waals surface area contributed by atoms with Crippen LogP contribution >= 0.6 is 11.3 Å². The van der Waals surface area contributed by atoms with Gasteiger partial charge in [0.25, 0.3) is 0 Å². The van der Waals surface area contributed by atoms with Gasteiger partial charge in [0.2, 0.25) is 0 Å². The summed E-state index contributed by atoms with van der Waals surface area (Å²) in [4.78, 5) is 17.3. The van der Waals surface area contributed by atoms with Crippen LogP contribution in [0.4, 0.5) is 5.82 Å². The van der Waals surface area contributed by atoms with Crippen molar-refractivity contribution in [1.29, 1.82) is 0 Å². The molecule has 0 aromatic carbocycles. The quantitative estimate of drug-likeness (QED) is 0.491. The lowest BCUT2D eigenvalue weighted by molar-refractivity contribution is 0.659. The van der Waals surface area contributed by atoms with Crippen LogP contribution in [0.15, 0.2) is 61.1 Å². The molecule has 1 aliphatic rings. The molecule has 0 aliphatic carbocycles. The lowest BCUT2D eigenvalue weighted by Crippen LogP contribution is -2.19. The Bertz CT molecular complexity index is 1070. The van der Waals surface area contributed by atoms with Crippen LogP contribution in [-0.2, 0) is 0 Å². The summed E-state index contributed by atoms with van der Waals surface area (Å²) < 4.78 is 1.19. The van der Waals surface area contributed by atoms with Crippen molar-refractivity contribution in [2.24, 2.45) is 5.92 Å². The van der Waals surface area contributed by atoms with Crippen LogP contribution in [0.3, 0.4) is 0 Å². The molecule has 134 valence electrons. The maximum Gasteiger partial charge on any atom is 0.128 e. The number of hydrogen-bond donors (Lipinski definition) is 0. The largest absolute Gasteiger partial charge is 0.356 e. The SMILES string of the molecule is CC1CCN(c2ccc(-c3ccc4sc(-c5cccnc5)cc4n3)cn2)C1. The molecule has 5 rings (SSSR count). The van der Waals surface area contributed by atoms with E-state index in [4.69, 9.17) is 4.98 Å². The Morgan fingerprint density at radius 2 is 2.04 bits per heavy atom. The van der Waals surface area contributed by atoms with Crippen LogP contribution in [0.1, 0.15) is 13.3 Å². The zero-order valence-electron chi connectivity index (χ0n) is 15.2. The molecule has 0 spiro atoms. The number of thiophene rings is 1. The Hall–Kier alpha value is -2.79. The lowest BCUT2D eigenvalue weighted by Gasteiger charge is -2.16. The first-order chi connectivity index (χ1) is 13.3. The molecule has 1 aliphatic heterocycles. The van der Waals surface area contributed by atoms with Crippen molar-refractivity contribution in [1.82, 2.24) is 15.0 Å². The van der Waals surface area contributed by atoms with Crippen molar-refractivity contribution < 1.29 is 0 Å². The third kappa shape index (κ3) is 3.19. The summed E-state index contributed by atoms with van der Waals surface area (Å²) in [5.74, 6) is 1.82. The first kappa shape index (κ1) is 16.4. The third-order valence-electron chi connectivity index (χ3n) is 5.11. The van der Waals surface area contributed by atoms with Crippen LogP contribution < -0.4 is 4.90 Å². The van der Waals surface area contributed by atoms with Gasteiger partial charge in [-0.25, -0.2) is 9.97 Å². The predicted octanol–water partition coefficient (Wildman–Crippen LogP) is 5.27. The minimum Gasteiger partial charge on any atom is -0.356 e. The average Bonchev–Trinajstić information content (AvgIpc) is 3.34. The van der Waals surface area contributed by atoms with Crippen LogP contribution in [0.2, 0.25) is 0 Å². The molecule has 1 fully saturated rings. The van der Waals surface area contributed by atoms with Gasteiger partial charge in [-0.05, 0) is 48.7 Å². The standard InChI is InChI=1S/C22H20N4S/c1-15-8-10-26(14-15)22-7-4-16(13-24-22)18-5-6-20-19(25-18)11-21(27-20)17-3-2-9-23-12-17/h2-7,9,11-13,15H,8,10,14H2,1H3. The molecule has 5 heteroatoms. The smallest absolute Gasteiger partial charge is 0.128 e. The van der Waals surface area contributed by atoms with Crippen molar-refractivity contribution in [2.75, 3.05) is 18.0 Å². The molecular formula is C22H20N4S. The van der Waals surface area contributed by atoms with Crippen molar-refractivity contribution in [2.45, 2.75) is 13.3 Å². The van der Waals surface area contributed by atoms with Crippen molar-refractivity contribution in [3.05, 3.63) is 61.1 Å². The molecule has 0 amide bonds. The third-order valence-corrected chi connectivity index (χ3v) is 6.25. The second-order valence-corrected chi connectivity index (χ2v) is 8.26. The number of nitrogens with zero attached hydrogens (tertiary/aromatic N) is 4. The number of rotatable bonds is 3. The minimum atomic E-state index is 0.753. The second-order valence-electron chi connectivity index (χ2n) is 7.18. The summed E-state index contributed by atoms with van der Waals surface area (Å²) in [6.07, 6.45) is 6.89. The van der Waals surface area contributed by atoms with E-state index in [9.17, 15) is 0 Å². The fourth-order valence-corrected chi connectivity index (χ4v) is 4.59. The molecule has 4 nitrogen and oxygen atoms in total. The highest BCUT2D eigenvalue weighted by Gasteiger charge is 2.19. The summed E-state index contributed by atoms with van der Waals surface area (Å²) in [5.41, 5.74) is 4.18. The highest BCUT2D eigenvalue weighted by Crippen LogP contribution is 2.33. The van der Waals surface area contributed by atoms with E-state index in [0.717, 1.165) is 47.2 Å². The van der Waals surface area contributed by atoms with E-state index < -0.39 is 0 Å². The molecule has 0 saturated carbocycles. The molecule has 4 aromatic rings. The van der Waals surface area contributed by atoms with Gasteiger partial charge in [0.1, 0.15) is 5.82 Å². The van der Waals surface area contributed by atoms with Gasteiger partial charge >= 0.3 is 0 Å². The predicted molar refractivity (Wildman–Crippen MR) is 112 cm³/mol. The van der Waals surface area contributed by atoms with E-state index >= 15 is 0 Å². The maximum absolute atomic E-state index is 4.87. The summed E-state index contributed by atoms with van der Waals surface area (Å²) in [7, 11) is 0. The van der Waals surface area contributed by atoms with Crippen LogP contribution in [0.5, 0.6) is 0 Å². The molecule has 5 heterocycles. The molecule has 1 unspecified atom stereocenters. The lowest BCUT2D eigenvalue weighted by atomic mass is 10.1. The molecule has 1 saturated heterocycles. The van der Waals surface area contributed by atoms with Gasteiger partial charge in [-0.3, -0.25) is 4.98 Å². The van der Waals surface area contributed by atoms with Gasteiger partial charge in [0.15, 0.2) is 0 Å². The summed E-state index contributed by atoms with van der Waals surface area (Å²) in [5, 5.41) is 0. The number of hydrogen-bond acceptors (Lipinski definition) is 5. The summed E-state index contributed by atoms with van der Waals surface area (Å²) in [6.45, 7) is 4.50. The summed E-state index contributed by atoms with van der Waals surface area (Å²) >= 11 is 1.75. The van der Waals surface area contributed by atoms with Gasteiger partial charge in [-0.2, -0.15) is 0 Å².